The number of nitro benzene ring substituents is 1. The Kier molecular flexibility index (Phi) is 7.20. The average molecular weight is 552 g/mol. The van der Waals surface area contributed by atoms with Crippen LogP contribution in [0.1, 0.15) is 28.3 Å². The molecular formula is C28H26FN3O8. The van der Waals surface area contributed by atoms with Crippen molar-refractivity contribution in [3.05, 3.63) is 92.8 Å². The summed E-state index contributed by atoms with van der Waals surface area (Å²) in [4.78, 5) is 26.7. The largest absolute Gasteiger partial charge is 0.467 e. The number of nitro groups is 1. The van der Waals surface area contributed by atoms with E-state index in [0.717, 1.165) is 52.0 Å². The van der Waals surface area contributed by atoms with Gasteiger partial charge in [0.05, 0.1) is 30.2 Å². The normalized spacial score (nSPS) is 16.9. The number of piperazine rings is 1. The molecule has 0 bridgehead atoms. The van der Waals surface area contributed by atoms with Crippen LogP contribution >= 0.6 is 0 Å². The maximum absolute atomic E-state index is 14.3. The van der Waals surface area contributed by atoms with Crippen LogP contribution < -0.4 is 14.2 Å². The third-order valence-electron chi connectivity index (χ3n) is 7.17. The zero-order chi connectivity index (χ0) is 27.6. The maximum atomic E-state index is 14.3. The van der Waals surface area contributed by atoms with Gasteiger partial charge in [-0.05, 0) is 41.5 Å². The van der Waals surface area contributed by atoms with E-state index in [0.29, 0.717) is 39.4 Å². The second-order valence-electron chi connectivity index (χ2n) is 9.62. The fourth-order valence-electron chi connectivity index (χ4n) is 5.18. The van der Waals surface area contributed by atoms with Gasteiger partial charge in [-0.2, -0.15) is 0 Å². The molecule has 1 amide bonds. The number of fused-ring (bicyclic) bond motifs is 2. The Labute approximate surface area is 228 Å². The van der Waals surface area contributed by atoms with Gasteiger partial charge in [0.25, 0.3) is 5.69 Å². The molecule has 0 radical (unpaired) electrons. The maximum Gasteiger partial charge on any atom is 0.415 e. The van der Waals surface area contributed by atoms with Crippen molar-refractivity contribution < 1.29 is 37.8 Å². The van der Waals surface area contributed by atoms with Gasteiger partial charge in [0.1, 0.15) is 11.5 Å². The van der Waals surface area contributed by atoms with Crippen molar-refractivity contribution in [3.63, 3.8) is 0 Å². The molecule has 3 heterocycles. The molecule has 0 aromatic heterocycles. The summed E-state index contributed by atoms with van der Waals surface area (Å²) < 4.78 is 41.7. The zero-order valence-corrected chi connectivity index (χ0v) is 21.4. The Hall–Kier alpha value is -4.26. The number of non-ortho nitro benzene ring substituents is 1. The lowest BCUT2D eigenvalue weighted by molar-refractivity contribution is -0.385. The van der Waals surface area contributed by atoms with E-state index in [1.165, 1.54) is 4.90 Å². The van der Waals surface area contributed by atoms with Crippen molar-refractivity contribution in [1.29, 1.82) is 0 Å². The summed E-state index contributed by atoms with van der Waals surface area (Å²) >= 11 is 0. The number of benzene rings is 3. The Morgan fingerprint density at radius 3 is 2.02 bits per heavy atom. The predicted octanol–water partition coefficient (Wildman–Crippen LogP) is 4.37. The van der Waals surface area contributed by atoms with Crippen molar-refractivity contribution >= 4 is 11.8 Å². The Morgan fingerprint density at radius 1 is 0.875 bits per heavy atom. The summed E-state index contributed by atoms with van der Waals surface area (Å²) in [5.74, 6) is 0.272. The highest BCUT2D eigenvalue weighted by Crippen LogP contribution is 2.36. The molecule has 40 heavy (non-hydrogen) atoms. The van der Waals surface area contributed by atoms with E-state index < -0.39 is 22.5 Å². The van der Waals surface area contributed by atoms with E-state index >= 15 is 0 Å². The number of carbonyl (C=O) groups excluding carboxylic acids is 1. The minimum Gasteiger partial charge on any atom is -0.467 e. The van der Waals surface area contributed by atoms with Crippen molar-refractivity contribution in [2.45, 2.75) is 19.3 Å². The highest BCUT2D eigenvalue weighted by molar-refractivity contribution is 5.71. The molecule has 1 saturated heterocycles. The molecule has 0 aliphatic carbocycles. The van der Waals surface area contributed by atoms with E-state index in [1.807, 2.05) is 24.3 Å². The SMILES string of the molecule is O=C(Oc1ccc([N+](=O)[O-])cc1F)N1CCN(C(c2ccc3c(c2)COCO3)c2ccc3c(c2)COCO3)CC1. The lowest BCUT2D eigenvalue weighted by Gasteiger charge is -2.39. The van der Waals surface area contributed by atoms with Gasteiger partial charge in [-0.25, -0.2) is 9.18 Å². The minimum absolute atomic E-state index is 0.134. The van der Waals surface area contributed by atoms with Crippen LogP contribution in [0, 0.1) is 15.9 Å². The fourth-order valence-corrected chi connectivity index (χ4v) is 5.18. The van der Waals surface area contributed by atoms with Crippen LogP contribution in [0.2, 0.25) is 0 Å². The van der Waals surface area contributed by atoms with Crippen molar-refractivity contribution in [2.24, 2.45) is 0 Å². The fraction of sp³-hybridized carbons (Fsp3) is 0.321. The lowest BCUT2D eigenvalue weighted by atomic mass is 9.93. The summed E-state index contributed by atoms with van der Waals surface area (Å²) in [5.41, 5.74) is 3.61. The van der Waals surface area contributed by atoms with Gasteiger partial charge in [-0.15, -0.1) is 0 Å². The molecule has 0 atom stereocenters. The highest BCUT2D eigenvalue weighted by Gasteiger charge is 2.31. The molecule has 0 unspecified atom stereocenters. The summed E-state index contributed by atoms with van der Waals surface area (Å²) in [6.07, 6.45) is -0.713. The van der Waals surface area contributed by atoms with Gasteiger partial charge in [0.2, 0.25) is 0 Å². The molecule has 0 spiro atoms. The van der Waals surface area contributed by atoms with Crippen molar-refractivity contribution in [2.75, 3.05) is 39.8 Å². The third kappa shape index (κ3) is 5.28. The molecular weight excluding hydrogens is 525 g/mol. The average Bonchev–Trinajstić information content (AvgIpc) is 2.98. The summed E-state index contributed by atoms with van der Waals surface area (Å²) in [6.45, 7) is 3.11. The molecule has 3 aliphatic heterocycles. The van der Waals surface area contributed by atoms with Crippen LogP contribution in [0.4, 0.5) is 14.9 Å². The monoisotopic (exact) mass is 551 g/mol. The van der Waals surface area contributed by atoms with Gasteiger partial charge in [-0.1, -0.05) is 12.1 Å². The second-order valence-corrected chi connectivity index (χ2v) is 9.62. The van der Waals surface area contributed by atoms with Crippen LogP contribution in [0.25, 0.3) is 0 Å². The second kappa shape index (κ2) is 11.1. The molecule has 6 rings (SSSR count). The van der Waals surface area contributed by atoms with Gasteiger partial charge in [0, 0.05) is 43.4 Å². The lowest BCUT2D eigenvalue weighted by Crippen LogP contribution is -2.50. The summed E-state index contributed by atoms with van der Waals surface area (Å²) in [5, 5.41) is 10.9. The van der Waals surface area contributed by atoms with E-state index in [-0.39, 0.29) is 25.4 Å². The topological polar surface area (TPSA) is 113 Å². The van der Waals surface area contributed by atoms with E-state index in [9.17, 15) is 19.3 Å². The smallest absolute Gasteiger partial charge is 0.415 e. The van der Waals surface area contributed by atoms with Gasteiger partial charge in [-0.3, -0.25) is 15.0 Å². The first kappa shape index (κ1) is 26.0. The van der Waals surface area contributed by atoms with Crippen molar-refractivity contribution in [1.82, 2.24) is 9.80 Å². The van der Waals surface area contributed by atoms with E-state index in [1.54, 1.807) is 0 Å². The number of carbonyl (C=O) groups is 1. The zero-order valence-electron chi connectivity index (χ0n) is 21.4. The molecule has 12 heteroatoms. The van der Waals surface area contributed by atoms with Gasteiger partial charge < -0.3 is 28.6 Å². The quantitative estimate of drug-likeness (QED) is 0.337. The van der Waals surface area contributed by atoms with E-state index in [2.05, 4.69) is 17.0 Å². The summed E-state index contributed by atoms with van der Waals surface area (Å²) in [7, 11) is 0. The molecule has 3 aliphatic rings. The Balaban J connectivity index is 1.21. The molecule has 3 aromatic carbocycles. The Morgan fingerprint density at radius 2 is 1.48 bits per heavy atom. The van der Waals surface area contributed by atoms with Crippen LogP contribution in [0.15, 0.2) is 54.6 Å². The molecule has 11 nitrogen and oxygen atoms in total. The van der Waals surface area contributed by atoms with Gasteiger partial charge in [0.15, 0.2) is 25.2 Å². The van der Waals surface area contributed by atoms with Crippen LogP contribution in [-0.2, 0) is 22.7 Å². The molecule has 3 aromatic rings. The predicted molar refractivity (Wildman–Crippen MR) is 138 cm³/mol. The first-order valence-corrected chi connectivity index (χ1v) is 12.8. The minimum atomic E-state index is -0.970. The Bertz CT molecular complexity index is 1380. The number of rotatable bonds is 5. The van der Waals surface area contributed by atoms with Crippen LogP contribution in [-0.4, -0.2) is 60.6 Å². The van der Waals surface area contributed by atoms with Crippen LogP contribution in [0.3, 0.4) is 0 Å². The summed E-state index contributed by atoms with van der Waals surface area (Å²) in [6, 6.07) is 14.9. The van der Waals surface area contributed by atoms with E-state index in [4.69, 9.17) is 23.7 Å². The number of halogens is 1. The number of amides is 1. The third-order valence-corrected chi connectivity index (χ3v) is 7.17. The first-order valence-electron chi connectivity index (χ1n) is 12.8. The molecule has 1 fully saturated rings. The number of nitrogens with zero attached hydrogens (tertiary/aromatic N) is 3. The molecule has 0 N–H and O–H groups in total. The number of ether oxygens (including phenoxy) is 5. The molecule has 208 valence electrons. The number of hydrogen-bond donors (Lipinski definition) is 0. The molecule has 0 saturated carbocycles. The first-order chi connectivity index (χ1) is 19.5. The standard InChI is InChI=1S/C28H26FN3O8/c29-23-13-22(32(34)35)3-6-26(23)40-28(33)31-9-7-30(8-10-31)27(18-1-4-24-20(11-18)14-36-16-38-24)19-2-5-25-21(12-19)15-37-17-39-25/h1-6,11-13,27H,7-10,14-17H2. The van der Waals surface area contributed by atoms with Crippen LogP contribution in [0.5, 0.6) is 17.2 Å². The highest BCUT2D eigenvalue weighted by atomic mass is 19.1. The number of hydrogen-bond acceptors (Lipinski definition) is 9. The van der Waals surface area contributed by atoms with Crippen molar-refractivity contribution in [3.8, 4) is 17.2 Å². The van der Waals surface area contributed by atoms with Gasteiger partial charge >= 0.3 is 6.09 Å².